The Bertz CT molecular complexity index is 825. The highest BCUT2D eigenvalue weighted by Gasteiger charge is 2.31. The second kappa shape index (κ2) is 8.93. The third-order valence-electron chi connectivity index (χ3n) is 5.00. The molecule has 0 spiro atoms. The Morgan fingerprint density at radius 3 is 2.39 bits per heavy atom. The molecule has 28 heavy (non-hydrogen) atoms. The molecule has 0 bridgehead atoms. The zero-order valence-corrected chi connectivity index (χ0v) is 15.6. The highest BCUT2D eigenvalue weighted by atomic mass is 19.1. The van der Waals surface area contributed by atoms with Gasteiger partial charge < -0.3 is 10.6 Å². The summed E-state index contributed by atoms with van der Waals surface area (Å²) in [5.74, 6) is -2.50. The van der Waals surface area contributed by atoms with Crippen LogP contribution in [-0.4, -0.2) is 35.8 Å². The minimum absolute atomic E-state index is 0.0938. The summed E-state index contributed by atoms with van der Waals surface area (Å²) in [7, 11) is 0. The Kier molecular flexibility index (Phi) is 6.36. The summed E-state index contributed by atoms with van der Waals surface area (Å²) < 4.78 is 27.5. The summed E-state index contributed by atoms with van der Waals surface area (Å²) in [6.45, 7) is 2.72. The van der Waals surface area contributed by atoms with Gasteiger partial charge in [0, 0.05) is 12.2 Å². The van der Waals surface area contributed by atoms with Gasteiger partial charge in [-0.2, -0.15) is 0 Å². The van der Waals surface area contributed by atoms with Crippen LogP contribution in [0.15, 0.2) is 48.5 Å². The van der Waals surface area contributed by atoms with Crippen molar-refractivity contribution >= 4 is 23.2 Å². The Balaban J connectivity index is 1.61. The number of halogens is 2. The van der Waals surface area contributed by atoms with Crippen molar-refractivity contribution in [2.75, 3.05) is 23.7 Å². The number of para-hydroxylation sites is 2. The molecule has 148 valence electrons. The SMILES string of the molecule is CC(C(=O)Nc1c(F)cccc1F)N1CCCC(C(=O)Nc2ccccc2)C1. The van der Waals surface area contributed by atoms with E-state index in [0.717, 1.165) is 30.7 Å². The molecule has 1 fully saturated rings. The van der Waals surface area contributed by atoms with E-state index in [1.807, 2.05) is 35.2 Å². The van der Waals surface area contributed by atoms with Crippen molar-refractivity contribution in [3.63, 3.8) is 0 Å². The van der Waals surface area contributed by atoms with Crippen LogP contribution < -0.4 is 10.6 Å². The molecule has 1 heterocycles. The van der Waals surface area contributed by atoms with E-state index >= 15 is 0 Å². The largest absolute Gasteiger partial charge is 0.326 e. The molecule has 0 aliphatic carbocycles. The van der Waals surface area contributed by atoms with Crippen molar-refractivity contribution in [3.05, 3.63) is 60.2 Å². The van der Waals surface area contributed by atoms with Crippen LogP contribution in [0.4, 0.5) is 20.2 Å². The first-order valence-corrected chi connectivity index (χ1v) is 9.30. The number of anilines is 2. The van der Waals surface area contributed by atoms with Crippen LogP contribution in [0.5, 0.6) is 0 Å². The van der Waals surface area contributed by atoms with Crippen molar-refractivity contribution in [1.29, 1.82) is 0 Å². The topological polar surface area (TPSA) is 61.4 Å². The fourth-order valence-corrected chi connectivity index (χ4v) is 3.35. The number of carbonyl (C=O) groups is 2. The van der Waals surface area contributed by atoms with Crippen LogP contribution in [0.25, 0.3) is 0 Å². The predicted molar refractivity (Wildman–Crippen MR) is 104 cm³/mol. The molecule has 1 aliphatic rings. The van der Waals surface area contributed by atoms with Crippen molar-refractivity contribution < 1.29 is 18.4 Å². The molecular formula is C21H23F2N3O2. The monoisotopic (exact) mass is 387 g/mol. The van der Waals surface area contributed by atoms with E-state index in [0.29, 0.717) is 13.1 Å². The van der Waals surface area contributed by atoms with Gasteiger partial charge in [-0.15, -0.1) is 0 Å². The van der Waals surface area contributed by atoms with Crippen molar-refractivity contribution in [2.24, 2.45) is 5.92 Å². The maximum Gasteiger partial charge on any atom is 0.241 e. The average Bonchev–Trinajstić information content (AvgIpc) is 2.71. The fourth-order valence-electron chi connectivity index (χ4n) is 3.35. The second-order valence-electron chi connectivity index (χ2n) is 6.95. The highest BCUT2D eigenvalue weighted by Crippen LogP contribution is 2.22. The number of carbonyl (C=O) groups excluding carboxylic acids is 2. The van der Waals surface area contributed by atoms with Gasteiger partial charge >= 0.3 is 0 Å². The van der Waals surface area contributed by atoms with Crippen molar-refractivity contribution in [1.82, 2.24) is 4.90 Å². The van der Waals surface area contributed by atoms with E-state index in [1.165, 1.54) is 6.07 Å². The maximum absolute atomic E-state index is 13.8. The number of nitrogens with zero attached hydrogens (tertiary/aromatic N) is 1. The third-order valence-corrected chi connectivity index (χ3v) is 5.00. The van der Waals surface area contributed by atoms with Gasteiger partial charge in [0.2, 0.25) is 11.8 Å². The third kappa shape index (κ3) is 4.72. The first-order chi connectivity index (χ1) is 13.5. The summed E-state index contributed by atoms with van der Waals surface area (Å²) in [6.07, 6.45) is 1.49. The maximum atomic E-state index is 13.8. The van der Waals surface area contributed by atoms with Crippen LogP contribution in [0.1, 0.15) is 19.8 Å². The summed E-state index contributed by atoms with van der Waals surface area (Å²) >= 11 is 0. The molecule has 0 radical (unpaired) electrons. The molecule has 1 aliphatic heterocycles. The molecular weight excluding hydrogens is 364 g/mol. The lowest BCUT2D eigenvalue weighted by Gasteiger charge is -2.35. The van der Waals surface area contributed by atoms with Gasteiger partial charge in [0.1, 0.15) is 17.3 Å². The fraction of sp³-hybridized carbons (Fsp3) is 0.333. The zero-order chi connectivity index (χ0) is 20.1. The van der Waals surface area contributed by atoms with Gasteiger partial charge in [-0.1, -0.05) is 24.3 Å². The van der Waals surface area contributed by atoms with Gasteiger partial charge in [-0.05, 0) is 50.6 Å². The minimum Gasteiger partial charge on any atom is -0.326 e. The Labute approximate surface area is 162 Å². The summed E-state index contributed by atoms with van der Waals surface area (Å²) in [5, 5.41) is 5.22. The van der Waals surface area contributed by atoms with Crippen LogP contribution in [0, 0.1) is 17.6 Å². The van der Waals surface area contributed by atoms with Gasteiger partial charge in [-0.25, -0.2) is 8.78 Å². The quantitative estimate of drug-likeness (QED) is 0.823. The predicted octanol–water partition coefficient (Wildman–Crippen LogP) is 3.64. The van der Waals surface area contributed by atoms with E-state index in [1.54, 1.807) is 6.92 Å². The van der Waals surface area contributed by atoms with Crippen molar-refractivity contribution in [3.8, 4) is 0 Å². The van der Waals surface area contributed by atoms with E-state index in [9.17, 15) is 18.4 Å². The molecule has 2 N–H and O–H groups in total. The van der Waals surface area contributed by atoms with E-state index in [4.69, 9.17) is 0 Å². The van der Waals surface area contributed by atoms with E-state index in [-0.39, 0.29) is 11.8 Å². The number of hydrogen-bond acceptors (Lipinski definition) is 3. The number of benzene rings is 2. The minimum atomic E-state index is -0.820. The van der Waals surface area contributed by atoms with Crippen LogP contribution >= 0.6 is 0 Å². The van der Waals surface area contributed by atoms with Gasteiger partial charge in [-0.3, -0.25) is 14.5 Å². The van der Waals surface area contributed by atoms with E-state index < -0.39 is 29.3 Å². The average molecular weight is 387 g/mol. The smallest absolute Gasteiger partial charge is 0.241 e. The van der Waals surface area contributed by atoms with Gasteiger partial charge in [0.05, 0.1) is 12.0 Å². The lowest BCUT2D eigenvalue weighted by molar-refractivity contribution is -0.125. The molecule has 3 rings (SSSR count). The van der Waals surface area contributed by atoms with Crippen LogP contribution in [0.2, 0.25) is 0 Å². The van der Waals surface area contributed by atoms with Crippen LogP contribution in [-0.2, 0) is 9.59 Å². The van der Waals surface area contributed by atoms with Crippen LogP contribution in [0.3, 0.4) is 0 Å². The molecule has 0 saturated carbocycles. The van der Waals surface area contributed by atoms with Gasteiger partial charge in [0.15, 0.2) is 0 Å². The standard InChI is InChI=1S/C21H23F2N3O2/c1-14(20(27)25-19-17(22)10-5-11-18(19)23)26-12-6-7-15(13-26)21(28)24-16-8-3-2-4-9-16/h2-5,8-11,14-15H,6-7,12-13H2,1H3,(H,24,28)(H,25,27). The number of amides is 2. The number of piperidine rings is 1. The number of likely N-dealkylation sites (tertiary alicyclic amines) is 1. The van der Waals surface area contributed by atoms with Gasteiger partial charge in [0.25, 0.3) is 0 Å². The number of nitrogens with one attached hydrogen (secondary N) is 2. The summed E-state index contributed by atoms with van der Waals surface area (Å²) in [5.41, 5.74) is 0.278. The molecule has 5 nitrogen and oxygen atoms in total. The Morgan fingerprint density at radius 1 is 1.04 bits per heavy atom. The van der Waals surface area contributed by atoms with Crippen molar-refractivity contribution in [2.45, 2.75) is 25.8 Å². The molecule has 7 heteroatoms. The summed E-state index contributed by atoms with van der Waals surface area (Å²) in [4.78, 5) is 26.9. The molecule has 0 aromatic heterocycles. The first-order valence-electron chi connectivity index (χ1n) is 9.30. The normalized spacial score (nSPS) is 18.3. The molecule has 2 aromatic carbocycles. The lowest BCUT2D eigenvalue weighted by atomic mass is 9.95. The lowest BCUT2D eigenvalue weighted by Crippen LogP contribution is -2.49. The molecule has 2 amide bonds. The van der Waals surface area contributed by atoms with E-state index in [2.05, 4.69) is 10.6 Å². The summed E-state index contributed by atoms with van der Waals surface area (Å²) in [6, 6.07) is 12.0. The highest BCUT2D eigenvalue weighted by molar-refractivity contribution is 5.95. The first kappa shape index (κ1) is 19.9. The molecule has 2 unspecified atom stereocenters. The number of hydrogen-bond donors (Lipinski definition) is 2. The Morgan fingerprint density at radius 2 is 1.71 bits per heavy atom. The second-order valence-corrected chi connectivity index (χ2v) is 6.95. The number of rotatable bonds is 5. The molecule has 2 atom stereocenters. The molecule has 1 saturated heterocycles. The zero-order valence-electron chi connectivity index (χ0n) is 15.6. The molecule has 2 aromatic rings. The Hall–Kier alpha value is -2.80.